The standard InChI is InChI=1S/C8H10O.C6H6O2/c1-7-5-3-4-6-8(7)9-2;7-5-2-1-3-6(8)4-5/h3-6H,1-2H3;1-4,7-8H. The number of rotatable bonds is 1. The lowest BCUT2D eigenvalue weighted by molar-refractivity contribution is 0.411. The second kappa shape index (κ2) is 6.43. The fourth-order valence-corrected chi connectivity index (χ4v) is 1.28. The topological polar surface area (TPSA) is 49.7 Å². The van der Waals surface area contributed by atoms with Crippen molar-refractivity contribution < 1.29 is 14.9 Å². The quantitative estimate of drug-likeness (QED) is 0.794. The first kappa shape index (κ1) is 12.9. The number of methoxy groups -OCH3 is 1. The maximum atomic E-state index is 8.65. The fourth-order valence-electron chi connectivity index (χ4n) is 1.28. The molecular formula is C14H16O3. The molecule has 0 aromatic heterocycles. The zero-order chi connectivity index (χ0) is 12.7. The lowest BCUT2D eigenvalue weighted by atomic mass is 10.2. The van der Waals surface area contributed by atoms with Gasteiger partial charge < -0.3 is 14.9 Å². The molecule has 2 aromatic rings. The third kappa shape index (κ3) is 4.47. The number of phenols is 2. The summed E-state index contributed by atoms with van der Waals surface area (Å²) in [6, 6.07) is 13.8. The highest BCUT2D eigenvalue weighted by Gasteiger charge is 1.90. The summed E-state index contributed by atoms with van der Waals surface area (Å²) in [4.78, 5) is 0. The Hall–Kier alpha value is -2.16. The third-order valence-corrected chi connectivity index (χ3v) is 2.14. The van der Waals surface area contributed by atoms with Gasteiger partial charge in [0.05, 0.1) is 7.11 Å². The summed E-state index contributed by atoms with van der Waals surface area (Å²) in [6.07, 6.45) is 0. The van der Waals surface area contributed by atoms with E-state index in [1.807, 2.05) is 31.2 Å². The molecule has 0 aliphatic rings. The van der Waals surface area contributed by atoms with Crippen LogP contribution in [0.2, 0.25) is 0 Å². The Morgan fingerprint density at radius 3 is 1.82 bits per heavy atom. The van der Waals surface area contributed by atoms with Crippen molar-refractivity contribution in [3.63, 3.8) is 0 Å². The van der Waals surface area contributed by atoms with Gasteiger partial charge in [-0.1, -0.05) is 24.3 Å². The highest BCUT2D eigenvalue weighted by atomic mass is 16.5. The molecule has 0 atom stereocenters. The average Bonchev–Trinajstić information content (AvgIpc) is 2.30. The maximum absolute atomic E-state index is 8.65. The molecular weight excluding hydrogens is 216 g/mol. The van der Waals surface area contributed by atoms with Crippen LogP contribution < -0.4 is 4.74 Å². The molecule has 0 heterocycles. The van der Waals surface area contributed by atoms with Gasteiger partial charge in [-0.2, -0.15) is 0 Å². The van der Waals surface area contributed by atoms with Crippen LogP contribution >= 0.6 is 0 Å². The van der Waals surface area contributed by atoms with E-state index in [0.29, 0.717) is 0 Å². The molecule has 2 aromatic carbocycles. The van der Waals surface area contributed by atoms with Crippen molar-refractivity contribution in [2.75, 3.05) is 7.11 Å². The molecule has 17 heavy (non-hydrogen) atoms. The van der Waals surface area contributed by atoms with Crippen LogP contribution in [-0.4, -0.2) is 17.3 Å². The van der Waals surface area contributed by atoms with E-state index in [4.69, 9.17) is 14.9 Å². The lowest BCUT2D eigenvalue weighted by Gasteiger charge is -2.00. The first-order chi connectivity index (χ1) is 8.13. The number of hydrogen-bond acceptors (Lipinski definition) is 3. The van der Waals surface area contributed by atoms with Gasteiger partial charge in [-0.25, -0.2) is 0 Å². The Labute approximate surface area is 101 Å². The average molecular weight is 232 g/mol. The van der Waals surface area contributed by atoms with Crippen molar-refractivity contribution in [1.29, 1.82) is 0 Å². The minimum Gasteiger partial charge on any atom is -0.508 e. The largest absolute Gasteiger partial charge is 0.508 e. The van der Waals surface area contributed by atoms with Crippen molar-refractivity contribution in [1.82, 2.24) is 0 Å². The van der Waals surface area contributed by atoms with Crippen LogP contribution in [0.25, 0.3) is 0 Å². The Kier molecular flexibility index (Phi) is 4.88. The Morgan fingerprint density at radius 2 is 1.47 bits per heavy atom. The molecule has 0 bridgehead atoms. The monoisotopic (exact) mass is 232 g/mol. The summed E-state index contributed by atoms with van der Waals surface area (Å²) in [5.74, 6) is 1.13. The number of aromatic hydroxyl groups is 2. The first-order valence-corrected chi connectivity index (χ1v) is 5.21. The van der Waals surface area contributed by atoms with E-state index in [1.54, 1.807) is 13.2 Å². The van der Waals surface area contributed by atoms with Crippen molar-refractivity contribution in [3.05, 3.63) is 54.1 Å². The summed E-state index contributed by atoms with van der Waals surface area (Å²) in [6.45, 7) is 2.03. The first-order valence-electron chi connectivity index (χ1n) is 5.21. The van der Waals surface area contributed by atoms with E-state index in [-0.39, 0.29) is 11.5 Å². The van der Waals surface area contributed by atoms with Gasteiger partial charge in [0.1, 0.15) is 17.2 Å². The van der Waals surface area contributed by atoms with Crippen LogP contribution in [0.15, 0.2) is 48.5 Å². The Morgan fingerprint density at radius 1 is 0.882 bits per heavy atom. The molecule has 0 aliphatic carbocycles. The SMILES string of the molecule is COc1ccccc1C.Oc1cccc(O)c1. The fraction of sp³-hybridized carbons (Fsp3) is 0.143. The number of benzene rings is 2. The van der Waals surface area contributed by atoms with Crippen molar-refractivity contribution >= 4 is 0 Å². The number of para-hydroxylation sites is 1. The zero-order valence-electron chi connectivity index (χ0n) is 9.92. The van der Waals surface area contributed by atoms with E-state index in [0.717, 1.165) is 5.75 Å². The molecule has 0 spiro atoms. The molecule has 0 saturated carbocycles. The highest BCUT2D eigenvalue weighted by molar-refractivity contribution is 5.31. The molecule has 3 nitrogen and oxygen atoms in total. The zero-order valence-corrected chi connectivity index (χ0v) is 9.92. The Balaban J connectivity index is 0.000000171. The smallest absolute Gasteiger partial charge is 0.121 e. The number of phenolic OH excluding ortho intramolecular Hbond substituents is 2. The van der Waals surface area contributed by atoms with Gasteiger partial charge in [0.2, 0.25) is 0 Å². The second-order valence-corrected chi connectivity index (χ2v) is 3.49. The predicted molar refractivity (Wildman–Crippen MR) is 67.5 cm³/mol. The van der Waals surface area contributed by atoms with Gasteiger partial charge in [-0.15, -0.1) is 0 Å². The van der Waals surface area contributed by atoms with Crippen LogP contribution in [0.1, 0.15) is 5.56 Å². The predicted octanol–water partition coefficient (Wildman–Crippen LogP) is 3.10. The van der Waals surface area contributed by atoms with Gasteiger partial charge in [-0.3, -0.25) is 0 Å². The number of hydrogen-bond donors (Lipinski definition) is 2. The van der Waals surface area contributed by atoms with Crippen LogP contribution in [0.4, 0.5) is 0 Å². The third-order valence-electron chi connectivity index (χ3n) is 2.14. The summed E-state index contributed by atoms with van der Waals surface area (Å²) < 4.78 is 5.04. The normalized spacial score (nSPS) is 9.06. The molecule has 2 rings (SSSR count). The molecule has 90 valence electrons. The number of aryl methyl sites for hydroxylation is 1. The van der Waals surface area contributed by atoms with E-state index in [9.17, 15) is 0 Å². The highest BCUT2D eigenvalue weighted by Crippen LogP contribution is 2.15. The van der Waals surface area contributed by atoms with Crippen LogP contribution in [0.5, 0.6) is 17.2 Å². The van der Waals surface area contributed by atoms with E-state index >= 15 is 0 Å². The van der Waals surface area contributed by atoms with Gasteiger partial charge in [-0.05, 0) is 30.7 Å². The summed E-state index contributed by atoms with van der Waals surface area (Å²) in [5.41, 5.74) is 1.18. The van der Waals surface area contributed by atoms with Crippen molar-refractivity contribution in [2.45, 2.75) is 6.92 Å². The molecule has 2 N–H and O–H groups in total. The van der Waals surface area contributed by atoms with Crippen molar-refractivity contribution in [2.24, 2.45) is 0 Å². The summed E-state index contributed by atoms with van der Waals surface area (Å²) in [7, 11) is 1.68. The molecule has 0 radical (unpaired) electrons. The van der Waals surface area contributed by atoms with Gasteiger partial charge in [0.25, 0.3) is 0 Å². The second-order valence-electron chi connectivity index (χ2n) is 3.49. The minimum atomic E-state index is 0.0880. The lowest BCUT2D eigenvalue weighted by Crippen LogP contribution is -1.84. The van der Waals surface area contributed by atoms with Crippen LogP contribution in [0, 0.1) is 6.92 Å². The van der Waals surface area contributed by atoms with Gasteiger partial charge in [0.15, 0.2) is 0 Å². The summed E-state index contributed by atoms with van der Waals surface area (Å²) in [5, 5.41) is 17.3. The van der Waals surface area contributed by atoms with Gasteiger partial charge in [0, 0.05) is 6.07 Å². The molecule has 3 heteroatoms. The molecule has 0 saturated heterocycles. The maximum Gasteiger partial charge on any atom is 0.121 e. The molecule has 0 aliphatic heterocycles. The van der Waals surface area contributed by atoms with Crippen LogP contribution in [0.3, 0.4) is 0 Å². The minimum absolute atomic E-state index is 0.0880. The molecule has 0 amide bonds. The number of ether oxygens (including phenoxy) is 1. The molecule has 0 fully saturated rings. The molecule has 0 unspecified atom stereocenters. The van der Waals surface area contributed by atoms with E-state index in [1.165, 1.54) is 23.8 Å². The summed E-state index contributed by atoms with van der Waals surface area (Å²) >= 11 is 0. The van der Waals surface area contributed by atoms with E-state index in [2.05, 4.69) is 0 Å². The Bertz CT molecular complexity index is 449. The van der Waals surface area contributed by atoms with Crippen molar-refractivity contribution in [3.8, 4) is 17.2 Å². The van der Waals surface area contributed by atoms with Crippen LogP contribution in [-0.2, 0) is 0 Å². The van der Waals surface area contributed by atoms with E-state index < -0.39 is 0 Å². The van der Waals surface area contributed by atoms with Gasteiger partial charge >= 0.3 is 0 Å².